The summed E-state index contributed by atoms with van der Waals surface area (Å²) in [6.45, 7) is -3.64. The van der Waals surface area contributed by atoms with Gasteiger partial charge in [0.25, 0.3) is 0 Å². The topological polar surface area (TPSA) is 974 Å². The highest BCUT2D eigenvalue weighted by molar-refractivity contribution is 5.75. The molecular formula is C83H138N6O58. The van der Waals surface area contributed by atoms with Crippen LogP contribution in [0.3, 0.4) is 0 Å². The lowest BCUT2D eigenvalue weighted by Crippen LogP contribution is -2.72. The lowest BCUT2D eigenvalue weighted by molar-refractivity contribution is -0.413. The van der Waals surface area contributed by atoms with Crippen LogP contribution in [0.5, 0.6) is 0 Å². The van der Waals surface area contributed by atoms with Crippen molar-refractivity contribution in [3.63, 3.8) is 0 Å². The SMILES string of the molecule is CC(=O)N[C@@H]1[C@@H](O[C@@H]2O[C@@H](C)[C@@H](O)[C@@H](O)[C@@H]2O)[C@H](O[C@@H]2O[C@H](CO)[C@@H](O[C@@H]3O[C@H](CO[C@H]4O[C@H](CO)[C@@H](O)[C@H](O)[C@@H]4O[C@@H]4O[C@H](CO)[C@@H](O[C@@H]5O[C@H](CO)[C@H](O)[C@H](O)[C@H]5NC(C)=O)[C@H](O)[C@H]4NC(C)=O)[C@@H](O)[C@H](O[C@H]4O[C@H](CO)[C@@H](O)[C@H](O)[C@@H]4O[C@@H]4O[C@H](CO)[C@@H](O[C@@H]5O[C@H](CO)[C@H](O)[C@H](O)[C@H]5NC(C)=O)[C@H](O)[C@H]4NC(C)=O)[C@@H]3O[C@@H]3OC[C@@H](O)[C@H](O)[C@H]3O)[C@H](O)[C@H]2NC(C)=O)[C@@H](CO[C@@H]2O[C@@H](C)[C@@H](O)[C@@H](O)[C@@H]2O)O[C@H]1O. The summed E-state index contributed by atoms with van der Waals surface area (Å²) in [6, 6.07) is -11.8. The summed E-state index contributed by atoms with van der Waals surface area (Å²) in [5, 5.41) is 346. The van der Waals surface area contributed by atoms with Crippen LogP contribution in [0.15, 0.2) is 0 Å². The van der Waals surface area contributed by atoms with Crippen LogP contribution in [-0.4, -0.2) is 612 Å². The predicted octanol–water partition coefficient (Wildman–Crippen LogP) is -23.6. The summed E-state index contributed by atoms with van der Waals surface area (Å²) in [6.07, 6.45) is -114. The van der Waals surface area contributed by atoms with Crippen LogP contribution in [0.2, 0.25) is 0 Å². The van der Waals surface area contributed by atoms with Crippen molar-refractivity contribution in [2.24, 2.45) is 0 Å². The summed E-state index contributed by atoms with van der Waals surface area (Å²) in [4.78, 5) is 78.8. The van der Waals surface area contributed by atoms with E-state index in [-0.39, 0.29) is 0 Å². The quantitative estimate of drug-likeness (QED) is 0.0275. The van der Waals surface area contributed by atoms with Gasteiger partial charge in [0.15, 0.2) is 75.5 Å². The molecule has 12 rings (SSSR count). The van der Waals surface area contributed by atoms with Gasteiger partial charge in [0.2, 0.25) is 35.4 Å². The molecule has 59 atom stereocenters. The molecule has 0 aromatic heterocycles. The van der Waals surface area contributed by atoms with Gasteiger partial charge in [0, 0.05) is 41.5 Å². The van der Waals surface area contributed by atoms with Crippen molar-refractivity contribution in [3.05, 3.63) is 0 Å². The van der Waals surface area contributed by atoms with Crippen molar-refractivity contribution in [2.45, 2.75) is 417 Å². The van der Waals surface area contributed by atoms with Gasteiger partial charge in [-0.25, -0.2) is 0 Å². The summed E-state index contributed by atoms with van der Waals surface area (Å²) < 4.78 is 142. The fourth-order valence-corrected chi connectivity index (χ4v) is 19.2. The lowest BCUT2D eigenvalue weighted by Gasteiger charge is -2.52. The molecule has 0 saturated carbocycles. The number of ether oxygens (including phenoxy) is 23. The van der Waals surface area contributed by atoms with Crippen molar-refractivity contribution >= 4 is 35.4 Å². The van der Waals surface area contributed by atoms with Gasteiger partial charge in [0.1, 0.15) is 274 Å². The molecule has 0 unspecified atom stereocenters. The van der Waals surface area contributed by atoms with Crippen molar-refractivity contribution in [3.8, 4) is 0 Å². The molecule has 12 heterocycles. The second kappa shape index (κ2) is 52.5. The molecule has 64 nitrogen and oxygen atoms in total. The molecule has 0 spiro atoms. The Morgan fingerprint density at radius 1 is 0.218 bits per heavy atom. The molecule has 12 fully saturated rings. The lowest BCUT2D eigenvalue weighted by atomic mass is 9.93. The molecule has 147 heavy (non-hydrogen) atoms. The Hall–Kier alpha value is -5.26. The van der Waals surface area contributed by atoms with Gasteiger partial charge in [-0.2, -0.15) is 0 Å². The molecule has 0 radical (unpaired) electrons. The van der Waals surface area contributed by atoms with Gasteiger partial charge in [-0.05, 0) is 13.8 Å². The number of hydrogen-bond acceptors (Lipinski definition) is 58. The zero-order valence-electron chi connectivity index (χ0n) is 79.9. The first kappa shape index (κ1) is 120. The minimum absolute atomic E-state index is 0.842. The Kier molecular flexibility index (Phi) is 43.0. The van der Waals surface area contributed by atoms with Gasteiger partial charge in [-0.15, -0.1) is 0 Å². The van der Waals surface area contributed by atoms with E-state index in [0.29, 0.717) is 0 Å². The first-order chi connectivity index (χ1) is 69.4. The van der Waals surface area contributed by atoms with Crippen LogP contribution < -0.4 is 31.9 Å². The van der Waals surface area contributed by atoms with Crippen LogP contribution in [-0.2, 0) is 138 Å². The first-order valence-corrected chi connectivity index (χ1v) is 47.3. The van der Waals surface area contributed by atoms with Crippen molar-refractivity contribution < 1.29 is 286 Å². The highest BCUT2D eigenvalue weighted by Crippen LogP contribution is 2.43. The number of amides is 6. The molecule has 12 saturated heterocycles. The number of carbonyl (C=O) groups is 6. The number of carbonyl (C=O) groups excluding carboxylic acids is 6. The number of nitrogens with one attached hydrogen (secondary N) is 6. The minimum atomic E-state index is -2.72. The molecule has 35 N–H and O–H groups in total. The number of rotatable bonds is 37. The van der Waals surface area contributed by atoms with Crippen LogP contribution in [0.1, 0.15) is 55.4 Å². The average Bonchev–Trinajstić information content (AvgIpc) is 0.750. The maximum Gasteiger partial charge on any atom is 0.217 e. The third-order valence-electron chi connectivity index (χ3n) is 27.0. The molecule has 64 heteroatoms. The van der Waals surface area contributed by atoms with E-state index in [4.69, 9.17) is 109 Å². The Bertz CT molecular complexity index is 4170. The van der Waals surface area contributed by atoms with Crippen molar-refractivity contribution in [1.29, 1.82) is 0 Å². The third kappa shape index (κ3) is 27.2. The van der Waals surface area contributed by atoms with Gasteiger partial charge in [-0.1, -0.05) is 0 Å². The molecule has 0 aliphatic carbocycles. The van der Waals surface area contributed by atoms with E-state index >= 15 is 0 Å². The minimum Gasteiger partial charge on any atom is -0.394 e. The van der Waals surface area contributed by atoms with E-state index < -0.39 is 464 Å². The molecule has 848 valence electrons. The van der Waals surface area contributed by atoms with E-state index in [0.717, 1.165) is 41.5 Å². The zero-order chi connectivity index (χ0) is 108. The third-order valence-corrected chi connectivity index (χ3v) is 27.0. The van der Waals surface area contributed by atoms with Crippen LogP contribution in [0.25, 0.3) is 0 Å². The summed E-state index contributed by atoms with van der Waals surface area (Å²) in [7, 11) is 0. The van der Waals surface area contributed by atoms with E-state index in [1.54, 1.807) is 0 Å². The molecule has 0 bridgehead atoms. The Morgan fingerprint density at radius 2 is 0.497 bits per heavy atom. The molecule has 6 amide bonds. The van der Waals surface area contributed by atoms with Gasteiger partial charge >= 0.3 is 0 Å². The number of hydrogen-bond donors (Lipinski definition) is 35. The highest BCUT2D eigenvalue weighted by atomic mass is 16.8. The predicted molar refractivity (Wildman–Crippen MR) is 456 cm³/mol. The van der Waals surface area contributed by atoms with E-state index in [2.05, 4.69) is 31.9 Å². The fourth-order valence-electron chi connectivity index (χ4n) is 19.2. The van der Waals surface area contributed by atoms with Crippen molar-refractivity contribution in [2.75, 3.05) is 66.1 Å². The largest absolute Gasteiger partial charge is 0.394 e. The number of aliphatic hydroxyl groups is 29. The summed E-state index contributed by atoms with van der Waals surface area (Å²) in [5.74, 6) is -5.80. The van der Waals surface area contributed by atoms with Crippen molar-refractivity contribution in [1.82, 2.24) is 31.9 Å². The second-order valence-corrected chi connectivity index (χ2v) is 37.6. The van der Waals surface area contributed by atoms with E-state index in [9.17, 15) is 177 Å². The second-order valence-electron chi connectivity index (χ2n) is 37.6. The normalized spacial score (nSPS) is 49.0. The van der Waals surface area contributed by atoms with E-state index in [1.165, 1.54) is 13.8 Å². The van der Waals surface area contributed by atoms with Gasteiger partial charge in [0.05, 0.1) is 78.3 Å². The van der Waals surface area contributed by atoms with Gasteiger partial charge < -0.3 is 289 Å². The van der Waals surface area contributed by atoms with Crippen LogP contribution >= 0.6 is 0 Å². The Labute approximate surface area is 834 Å². The molecule has 0 aromatic carbocycles. The zero-order valence-corrected chi connectivity index (χ0v) is 79.9. The van der Waals surface area contributed by atoms with Gasteiger partial charge in [-0.3, -0.25) is 28.8 Å². The molecule has 0 aromatic rings. The average molecular weight is 2150 g/mol. The standard InChI is InChI=1S/C83H138N6O58/c1-19-43(104)56(117)61(122)78(128-19)126-18-36-66(67(42(72(124)130-36)89-26(8)102)143-80-62(123)57(118)44(105)20(2)129-80)142-75-39(86-23(5)99)55(116)65(34(15-96)135-75)141-83-71(147-79-60(121)45(106)27(103)16-125-79)68(144-82-70(59(120)49(110)31(12-93)134-82)146-77-41(88-25(7)101)54(115)64(33(14-95)137-77)140-74-38(85-22(4)98)52(113)47(108)29(10-91)132-74)50(111)35(138-83)17-127-81-69(58(119)48(109)30(11-92)133-81)145-76-40(87-24(6)100)53(114)63(32(13-94)136-76)139-73-37(84-21(3)97)51(112)46(107)28(9-90)131-73/h19-20,27-83,90-96,103-124H,9-18H2,1-8H3,(H,84,97)(H,85,98)(H,86,99)(H,87,100)(H,88,101)(H,89,102)/t19-,20-,27+,28+,29+,30+,31+,32+,33+,34+,35+,36+,37+,38+,39+,40+,41+,42+,43+,44+,45-,46-,47-,48+,49+,50+,51+,52+,53+,54+,55+,56+,57+,58-,59-,60+,61-,62-,63+,64+,65+,66+,67+,68-,69-,70-,71-,72+,73-,74-,75-,76-,77-,78+,79-,80-,81-,82+,83-/m0/s1. The first-order valence-electron chi connectivity index (χ1n) is 47.3. The Morgan fingerprint density at radius 3 is 0.898 bits per heavy atom. The highest BCUT2D eigenvalue weighted by Gasteiger charge is 2.64. The maximum atomic E-state index is 13.9. The molecule has 12 aliphatic rings. The van der Waals surface area contributed by atoms with Crippen LogP contribution in [0.4, 0.5) is 0 Å². The van der Waals surface area contributed by atoms with Crippen LogP contribution in [0, 0.1) is 0 Å². The smallest absolute Gasteiger partial charge is 0.217 e. The van der Waals surface area contributed by atoms with E-state index in [1.807, 2.05) is 0 Å². The maximum absolute atomic E-state index is 13.9. The summed E-state index contributed by atoms with van der Waals surface area (Å²) in [5.41, 5.74) is 0. The molecule has 12 aliphatic heterocycles. The summed E-state index contributed by atoms with van der Waals surface area (Å²) >= 11 is 0. The Balaban J connectivity index is 0.954. The molecular weight excluding hydrogens is 2010 g/mol. The monoisotopic (exact) mass is 2150 g/mol. The fraction of sp³-hybridized carbons (Fsp3) is 0.928. The number of aliphatic hydroxyl groups excluding tert-OH is 29.